The van der Waals surface area contributed by atoms with Gasteiger partial charge in [-0.25, -0.2) is 0 Å². The highest BCUT2D eigenvalue weighted by atomic mass is 16.5. The smallest absolute Gasteiger partial charge is 0.0469 e. The molecule has 0 aromatic heterocycles. The molecular formula is C19H25NO. The molecule has 1 heterocycles. The van der Waals surface area contributed by atoms with Crippen LogP contribution in [0, 0.1) is 12.8 Å². The second-order valence-electron chi connectivity index (χ2n) is 6.00. The lowest BCUT2D eigenvalue weighted by Crippen LogP contribution is -2.32. The van der Waals surface area contributed by atoms with Crippen LogP contribution < -0.4 is 5.32 Å². The van der Waals surface area contributed by atoms with E-state index in [0.29, 0.717) is 12.0 Å². The van der Waals surface area contributed by atoms with Crippen molar-refractivity contribution in [3.63, 3.8) is 0 Å². The summed E-state index contributed by atoms with van der Waals surface area (Å²) in [6.45, 7) is 7.20. The van der Waals surface area contributed by atoms with Gasteiger partial charge < -0.3 is 10.1 Å². The van der Waals surface area contributed by atoms with Gasteiger partial charge in [0, 0.05) is 19.3 Å². The van der Waals surface area contributed by atoms with Crippen molar-refractivity contribution in [3.8, 4) is 0 Å². The van der Waals surface area contributed by atoms with Gasteiger partial charge in [0.05, 0.1) is 0 Å². The SMILES string of the molecule is CCNC(c1ccc(C)c2ccccc12)C1CCOCC1. The van der Waals surface area contributed by atoms with Crippen molar-refractivity contribution >= 4 is 10.8 Å². The van der Waals surface area contributed by atoms with E-state index in [9.17, 15) is 0 Å². The number of fused-ring (bicyclic) bond motifs is 1. The Morgan fingerprint density at radius 3 is 2.52 bits per heavy atom. The molecule has 0 bridgehead atoms. The van der Waals surface area contributed by atoms with Crippen LogP contribution in [0.3, 0.4) is 0 Å². The van der Waals surface area contributed by atoms with E-state index in [1.165, 1.54) is 21.9 Å². The van der Waals surface area contributed by atoms with E-state index in [0.717, 1.165) is 32.6 Å². The van der Waals surface area contributed by atoms with E-state index < -0.39 is 0 Å². The molecule has 21 heavy (non-hydrogen) atoms. The maximum atomic E-state index is 5.54. The van der Waals surface area contributed by atoms with Crippen molar-refractivity contribution < 1.29 is 4.74 Å². The fourth-order valence-electron chi connectivity index (χ4n) is 3.54. The van der Waals surface area contributed by atoms with E-state index in [2.05, 4.69) is 55.6 Å². The highest BCUT2D eigenvalue weighted by molar-refractivity contribution is 5.89. The molecule has 2 heteroatoms. The highest BCUT2D eigenvalue weighted by Crippen LogP contribution is 2.35. The third kappa shape index (κ3) is 2.97. The molecule has 0 amide bonds. The van der Waals surface area contributed by atoms with Gasteiger partial charge in [-0.15, -0.1) is 0 Å². The van der Waals surface area contributed by atoms with Crippen LogP contribution in [-0.4, -0.2) is 19.8 Å². The predicted molar refractivity (Wildman–Crippen MR) is 88.6 cm³/mol. The highest BCUT2D eigenvalue weighted by Gasteiger charge is 2.26. The Morgan fingerprint density at radius 2 is 1.81 bits per heavy atom. The minimum absolute atomic E-state index is 0.435. The second kappa shape index (κ2) is 6.59. The summed E-state index contributed by atoms with van der Waals surface area (Å²) < 4.78 is 5.54. The van der Waals surface area contributed by atoms with E-state index in [1.54, 1.807) is 0 Å². The zero-order chi connectivity index (χ0) is 14.7. The first-order valence-corrected chi connectivity index (χ1v) is 8.10. The quantitative estimate of drug-likeness (QED) is 0.907. The summed E-state index contributed by atoms with van der Waals surface area (Å²) in [6.07, 6.45) is 2.31. The summed E-state index contributed by atoms with van der Waals surface area (Å²) >= 11 is 0. The minimum atomic E-state index is 0.435. The zero-order valence-corrected chi connectivity index (χ0v) is 13.1. The summed E-state index contributed by atoms with van der Waals surface area (Å²) in [6, 6.07) is 13.8. The number of rotatable bonds is 4. The molecule has 1 saturated heterocycles. The molecule has 2 nitrogen and oxygen atoms in total. The molecule has 1 unspecified atom stereocenters. The van der Waals surface area contributed by atoms with Gasteiger partial charge >= 0.3 is 0 Å². The van der Waals surface area contributed by atoms with Crippen molar-refractivity contribution in [3.05, 3.63) is 47.5 Å². The molecule has 0 saturated carbocycles. The van der Waals surface area contributed by atoms with Gasteiger partial charge in [-0.2, -0.15) is 0 Å². The minimum Gasteiger partial charge on any atom is -0.381 e. The summed E-state index contributed by atoms with van der Waals surface area (Å²) in [4.78, 5) is 0. The van der Waals surface area contributed by atoms with Crippen LogP contribution in [0.15, 0.2) is 36.4 Å². The van der Waals surface area contributed by atoms with Gasteiger partial charge in [-0.3, -0.25) is 0 Å². The van der Waals surface area contributed by atoms with Crippen LogP contribution in [0.4, 0.5) is 0 Å². The van der Waals surface area contributed by atoms with Crippen molar-refractivity contribution in [1.29, 1.82) is 0 Å². The third-order valence-corrected chi connectivity index (χ3v) is 4.67. The van der Waals surface area contributed by atoms with Gasteiger partial charge in [0.1, 0.15) is 0 Å². The molecule has 1 aliphatic rings. The Bertz CT molecular complexity index is 602. The number of nitrogens with one attached hydrogen (secondary N) is 1. The van der Waals surface area contributed by atoms with Crippen molar-refractivity contribution in [1.82, 2.24) is 5.32 Å². The van der Waals surface area contributed by atoms with Crippen molar-refractivity contribution in [2.45, 2.75) is 32.7 Å². The maximum absolute atomic E-state index is 5.54. The topological polar surface area (TPSA) is 21.3 Å². The molecular weight excluding hydrogens is 258 g/mol. The monoisotopic (exact) mass is 283 g/mol. The lowest BCUT2D eigenvalue weighted by atomic mass is 9.84. The summed E-state index contributed by atoms with van der Waals surface area (Å²) in [5.41, 5.74) is 2.81. The fraction of sp³-hybridized carbons (Fsp3) is 0.474. The molecule has 2 aromatic rings. The van der Waals surface area contributed by atoms with Gasteiger partial charge in [0.25, 0.3) is 0 Å². The zero-order valence-electron chi connectivity index (χ0n) is 13.1. The first kappa shape index (κ1) is 14.6. The fourth-order valence-corrected chi connectivity index (χ4v) is 3.54. The van der Waals surface area contributed by atoms with Crippen LogP contribution in [0.25, 0.3) is 10.8 Å². The number of ether oxygens (including phenoxy) is 1. The Hall–Kier alpha value is -1.38. The van der Waals surface area contributed by atoms with Crippen molar-refractivity contribution in [2.75, 3.05) is 19.8 Å². The Morgan fingerprint density at radius 1 is 1.10 bits per heavy atom. The van der Waals surface area contributed by atoms with E-state index in [4.69, 9.17) is 4.74 Å². The summed E-state index contributed by atoms with van der Waals surface area (Å²) in [5, 5.41) is 6.50. The van der Waals surface area contributed by atoms with Gasteiger partial charge in [0.2, 0.25) is 0 Å². The maximum Gasteiger partial charge on any atom is 0.0469 e. The van der Waals surface area contributed by atoms with Crippen LogP contribution in [0.1, 0.15) is 36.9 Å². The van der Waals surface area contributed by atoms with Gasteiger partial charge in [-0.1, -0.05) is 43.3 Å². The molecule has 1 aliphatic heterocycles. The van der Waals surface area contributed by atoms with Crippen LogP contribution >= 0.6 is 0 Å². The van der Waals surface area contributed by atoms with Crippen molar-refractivity contribution in [2.24, 2.45) is 5.92 Å². The molecule has 112 valence electrons. The Balaban J connectivity index is 2.04. The molecule has 3 rings (SSSR count). The van der Waals surface area contributed by atoms with Crippen LogP contribution in [0.2, 0.25) is 0 Å². The number of hydrogen-bond acceptors (Lipinski definition) is 2. The lowest BCUT2D eigenvalue weighted by molar-refractivity contribution is 0.0540. The number of aryl methyl sites for hydroxylation is 1. The van der Waals surface area contributed by atoms with Crippen LogP contribution in [-0.2, 0) is 4.74 Å². The second-order valence-corrected chi connectivity index (χ2v) is 6.00. The normalized spacial score (nSPS) is 18.0. The molecule has 1 atom stereocenters. The number of hydrogen-bond donors (Lipinski definition) is 1. The first-order valence-electron chi connectivity index (χ1n) is 8.10. The molecule has 0 aliphatic carbocycles. The largest absolute Gasteiger partial charge is 0.381 e. The number of benzene rings is 2. The van der Waals surface area contributed by atoms with E-state index in [1.807, 2.05) is 0 Å². The predicted octanol–water partition coefficient (Wildman–Crippen LogP) is 4.23. The Labute approximate surface area is 127 Å². The van der Waals surface area contributed by atoms with E-state index >= 15 is 0 Å². The molecule has 0 radical (unpaired) electrons. The first-order chi connectivity index (χ1) is 10.3. The molecule has 1 fully saturated rings. The summed E-state index contributed by atoms with van der Waals surface area (Å²) in [7, 11) is 0. The average molecular weight is 283 g/mol. The van der Waals surface area contributed by atoms with Gasteiger partial charge in [-0.05, 0) is 54.1 Å². The third-order valence-electron chi connectivity index (χ3n) is 4.67. The molecule has 0 spiro atoms. The Kier molecular flexibility index (Phi) is 4.57. The van der Waals surface area contributed by atoms with E-state index in [-0.39, 0.29) is 0 Å². The summed E-state index contributed by atoms with van der Waals surface area (Å²) in [5.74, 6) is 0.671. The molecule has 1 N–H and O–H groups in total. The average Bonchev–Trinajstić information content (AvgIpc) is 2.55. The standard InChI is InChI=1S/C19H25NO/c1-3-20-19(15-10-12-21-13-11-15)18-9-8-14(2)16-6-4-5-7-17(16)18/h4-9,15,19-20H,3,10-13H2,1-2H3. The lowest BCUT2D eigenvalue weighted by Gasteiger charge is -2.32. The van der Waals surface area contributed by atoms with Crippen LogP contribution in [0.5, 0.6) is 0 Å². The molecule has 2 aromatic carbocycles. The van der Waals surface area contributed by atoms with Gasteiger partial charge in [0.15, 0.2) is 0 Å².